The smallest absolute Gasteiger partial charge is 0.246 e. The van der Waals surface area contributed by atoms with Crippen molar-refractivity contribution in [3.8, 4) is 0 Å². The topological polar surface area (TPSA) is 95.8 Å². The lowest BCUT2D eigenvalue weighted by atomic mass is 10.4. The molecule has 9 heteroatoms. The van der Waals surface area contributed by atoms with Crippen LogP contribution in [0.2, 0.25) is 0 Å². The van der Waals surface area contributed by atoms with E-state index in [0.29, 0.717) is 18.8 Å². The van der Waals surface area contributed by atoms with Gasteiger partial charge in [0, 0.05) is 33.1 Å². The molecule has 1 aromatic heterocycles. The van der Waals surface area contributed by atoms with E-state index in [1.54, 1.807) is 18.7 Å². The monoisotopic (exact) mass is 332 g/mol. The highest BCUT2D eigenvalue weighted by Gasteiger charge is 2.24. The molecule has 8 nitrogen and oxygen atoms in total. The van der Waals surface area contributed by atoms with Crippen molar-refractivity contribution in [2.75, 3.05) is 40.3 Å². The molecule has 0 unspecified atom stereocenters. The van der Waals surface area contributed by atoms with Crippen molar-refractivity contribution >= 4 is 15.9 Å². The molecule has 1 N–H and O–H groups in total. The largest absolute Gasteiger partial charge is 0.360 e. The fourth-order valence-electron chi connectivity index (χ4n) is 1.99. The van der Waals surface area contributed by atoms with E-state index in [1.165, 1.54) is 6.92 Å². The first kappa shape index (κ1) is 18.6. The Balaban J connectivity index is 2.63. The van der Waals surface area contributed by atoms with Gasteiger partial charge in [0.25, 0.3) is 0 Å². The molecule has 0 atom stereocenters. The Labute approximate surface area is 131 Å². The summed E-state index contributed by atoms with van der Waals surface area (Å²) >= 11 is 0. The number of carbonyl (C=O) groups excluding carboxylic acids is 1. The van der Waals surface area contributed by atoms with Crippen molar-refractivity contribution in [1.82, 2.24) is 19.7 Å². The first-order valence-electron chi connectivity index (χ1n) is 6.98. The van der Waals surface area contributed by atoms with Gasteiger partial charge in [-0.05, 0) is 27.9 Å². The lowest BCUT2D eigenvalue weighted by Crippen LogP contribution is -2.40. The van der Waals surface area contributed by atoms with E-state index in [0.717, 1.165) is 6.54 Å². The van der Waals surface area contributed by atoms with Gasteiger partial charge >= 0.3 is 0 Å². The lowest BCUT2D eigenvalue weighted by molar-refractivity contribution is -0.128. The van der Waals surface area contributed by atoms with Crippen molar-refractivity contribution in [2.24, 2.45) is 0 Å². The van der Waals surface area contributed by atoms with E-state index in [9.17, 15) is 13.2 Å². The summed E-state index contributed by atoms with van der Waals surface area (Å²) in [6.07, 6.45) is 0. The average Bonchev–Trinajstić information content (AvgIpc) is 2.72. The number of sulfonamides is 1. The number of rotatable bonds is 8. The van der Waals surface area contributed by atoms with Gasteiger partial charge in [0.05, 0.1) is 0 Å². The predicted octanol–water partition coefficient (Wildman–Crippen LogP) is -0.0202. The van der Waals surface area contributed by atoms with Gasteiger partial charge in [-0.1, -0.05) is 5.16 Å². The van der Waals surface area contributed by atoms with Gasteiger partial charge in [-0.25, -0.2) is 13.1 Å². The first-order valence-corrected chi connectivity index (χ1v) is 8.46. The van der Waals surface area contributed by atoms with Gasteiger partial charge in [0.1, 0.15) is 10.6 Å². The summed E-state index contributed by atoms with van der Waals surface area (Å²) in [7, 11) is 0.145. The third kappa shape index (κ3) is 5.08. The maximum Gasteiger partial charge on any atom is 0.246 e. The van der Waals surface area contributed by atoms with E-state index in [4.69, 9.17) is 4.52 Å². The number of likely N-dealkylation sites (N-methyl/N-ethyl adjacent to an activating group) is 1. The minimum absolute atomic E-state index is 0.0650. The maximum atomic E-state index is 12.2. The summed E-state index contributed by atoms with van der Waals surface area (Å²) in [5, 5.41) is 3.64. The van der Waals surface area contributed by atoms with Crippen LogP contribution in [0.25, 0.3) is 0 Å². The summed E-state index contributed by atoms with van der Waals surface area (Å²) in [6.45, 7) is 6.31. The highest BCUT2D eigenvalue weighted by Crippen LogP contribution is 2.18. The van der Waals surface area contributed by atoms with E-state index < -0.39 is 10.0 Å². The van der Waals surface area contributed by atoms with E-state index in [-0.39, 0.29) is 23.1 Å². The van der Waals surface area contributed by atoms with E-state index >= 15 is 0 Å². The molecule has 0 radical (unpaired) electrons. The van der Waals surface area contributed by atoms with Crippen LogP contribution in [0.4, 0.5) is 0 Å². The van der Waals surface area contributed by atoms with Gasteiger partial charge in [-0.3, -0.25) is 4.79 Å². The summed E-state index contributed by atoms with van der Waals surface area (Å²) in [5.74, 6) is 0.166. The molecule has 1 rings (SSSR count). The minimum atomic E-state index is -3.69. The van der Waals surface area contributed by atoms with Crippen LogP contribution in [-0.2, 0) is 14.8 Å². The Morgan fingerprint density at radius 1 is 1.23 bits per heavy atom. The molecule has 0 aliphatic rings. The second-order valence-corrected chi connectivity index (χ2v) is 7.06. The zero-order chi connectivity index (χ0) is 16.9. The summed E-state index contributed by atoms with van der Waals surface area (Å²) in [6, 6.07) is 0. The third-order valence-electron chi connectivity index (χ3n) is 3.17. The number of amides is 1. The quantitative estimate of drug-likeness (QED) is 0.719. The molecule has 126 valence electrons. The molecule has 0 spiro atoms. The average molecular weight is 332 g/mol. The normalized spacial score (nSPS) is 11.9. The van der Waals surface area contributed by atoms with Crippen LogP contribution in [-0.4, -0.2) is 69.6 Å². The summed E-state index contributed by atoms with van der Waals surface area (Å²) in [4.78, 5) is 15.2. The van der Waals surface area contributed by atoms with Crippen LogP contribution in [0.15, 0.2) is 9.42 Å². The predicted molar refractivity (Wildman–Crippen MR) is 82.0 cm³/mol. The van der Waals surface area contributed by atoms with Crippen LogP contribution in [0.5, 0.6) is 0 Å². The van der Waals surface area contributed by atoms with Crippen LogP contribution in [0.3, 0.4) is 0 Å². The molecule has 0 saturated heterocycles. The van der Waals surface area contributed by atoms with Crippen molar-refractivity contribution in [1.29, 1.82) is 0 Å². The molecule has 0 aromatic carbocycles. The zero-order valence-corrected chi connectivity index (χ0v) is 14.5. The fourth-order valence-corrected chi connectivity index (χ4v) is 3.34. The number of nitrogens with zero attached hydrogens (tertiary/aromatic N) is 3. The lowest BCUT2D eigenvalue weighted by Gasteiger charge is -2.23. The Bertz CT molecular complexity index is 590. The van der Waals surface area contributed by atoms with Crippen molar-refractivity contribution in [3.05, 3.63) is 11.5 Å². The third-order valence-corrected chi connectivity index (χ3v) is 4.88. The molecule has 0 aliphatic carbocycles. The fraction of sp³-hybridized carbons (Fsp3) is 0.692. The van der Waals surface area contributed by atoms with Crippen LogP contribution in [0.1, 0.15) is 18.4 Å². The first-order chi connectivity index (χ1) is 10.1. The van der Waals surface area contributed by atoms with E-state index in [2.05, 4.69) is 9.88 Å². The summed E-state index contributed by atoms with van der Waals surface area (Å²) in [5.41, 5.74) is 0.320. The maximum absolute atomic E-state index is 12.2. The standard InChI is InChI=1S/C13H24N4O4S/c1-10-13(11(2)21-15-10)22(19,20)14-6-7-17(12(3)18)9-8-16(4)5/h14H,6-9H2,1-5H3. The molecule has 0 bridgehead atoms. The number of hydrogen-bond acceptors (Lipinski definition) is 6. The Hall–Kier alpha value is -1.45. The molecule has 1 aromatic rings. The molecule has 1 amide bonds. The molecule has 22 heavy (non-hydrogen) atoms. The van der Waals surface area contributed by atoms with E-state index in [1.807, 2.05) is 19.0 Å². The van der Waals surface area contributed by atoms with Crippen LogP contribution in [0, 0.1) is 13.8 Å². The second-order valence-electron chi connectivity index (χ2n) is 5.36. The molecule has 1 heterocycles. The number of nitrogens with one attached hydrogen (secondary N) is 1. The molecular weight excluding hydrogens is 308 g/mol. The van der Waals surface area contributed by atoms with Gasteiger partial charge in [-0.15, -0.1) is 0 Å². The number of aromatic nitrogens is 1. The van der Waals surface area contributed by atoms with Gasteiger partial charge in [-0.2, -0.15) is 0 Å². The highest BCUT2D eigenvalue weighted by molar-refractivity contribution is 7.89. The summed E-state index contributed by atoms with van der Waals surface area (Å²) < 4.78 is 31.8. The van der Waals surface area contributed by atoms with Crippen molar-refractivity contribution in [3.63, 3.8) is 0 Å². The second kappa shape index (κ2) is 7.70. The Kier molecular flexibility index (Phi) is 6.51. The number of carbonyl (C=O) groups is 1. The molecular formula is C13H24N4O4S. The zero-order valence-electron chi connectivity index (χ0n) is 13.7. The van der Waals surface area contributed by atoms with Gasteiger partial charge in [0.2, 0.25) is 15.9 Å². The number of hydrogen-bond donors (Lipinski definition) is 1. The minimum Gasteiger partial charge on any atom is -0.360 e. The Morgan fingerprint density at radius 2 is 1.86 bits per heavy atom. The van der Waals surface area contributed by atoms with Crippen molar-refractivity contribution < 1.29 is 17.7 Å². The van der Waals surface area contributed by atoms with Crippen molar-refractivity contribution in [2.45, 2.75) is 25.7 Å². The SMILES string of the molecule is CC(=O)N(CCNS(=O)(=O)c1c(C)noc1C)CCN(C)C. The van der Waals surface area contributed by atoms with Crippen LogP contribution < -0.4 is 4.72 Å². The van der Waals surface area contributed by atoms with Crippen LogP contribution >= 0.6 is 0 Å². The Morgan fingerprint density at radius 3 is 2.32 bits per heavy atom. The van der Waals surface area contributed by atoms with Gasteiger partial charge in [0.15, 0.2) is 5.76 Å². The molecule has 0 fully saturated rings. The highest BCUT2D eigenvalue weighted by atomic mass is 32.2. The molecule has 0 aliphatic heterocycles. The molecule has 0 saturated carbocycles. The number of aryl methyl sites for hydroxylation is 2. The van der Waals surface area contributed by atoms with Gasteiger partial charge < -0.3 is 14.3 Å².